The topological polar surface area (TPSA) is 63.1 Å². The van der Waals surface area contributed by atoms with Crippen molar-refractivity contribution >= 4 is 30.7 Å². The second-order valence-electron chi connectivity index (χ2n) is 4.92. The molecule has 120 valence electrons. The molecule has 1 amide bonds. The average molecular weight is 344 g/mol. The molecule has 1 aliphatic heterocycles. The zero-order valence-corrected chi connectivity index (χ0v) is 13.8. The molecule has 8 heteroatoms. The van der Waals surface area contributed by atoms with Crippen LogP contribution in [0.2, 0.25) is 0 Å². The third kappa shape index (κ3) is 3.76. The second kappa shape index (κ2) is 8.12. The molecular weight excluding hydrogens is 325 g/mol. The third-order valence-corrected chi connectivity index (χ3v) is 3.52. The summed E-state index contributed by atoms with van der Waals surface area (Å²) in [5.74, 6) is 0.763. The van der Waals surface area contributed by atoms with Crippen LogP contribution in [0.4, 0.5) is 0 Å². The molecule has 1 atom stereocenters. The van der Waals surface area contributed by atoms with Crippen LogP contribution in [0.1, 0.15) is 17.3 Å². The van der Waals surface area contributed by atoms with E-state index in [1.54, 1.807) is 35.4 Å². The number of halogens is 2. The van der Waals surface area contributed by atoms with Crippen LogP contribution >= 0.6 is 24.8 Å². The number of imidazole rings is 1. The predicted octanol–water partition coefficient (Wildman–Crippen LogP) is 1.54. The Morgan fingerprint density at radius 1 is 1.36 bits per heavy atom. The fourth-order valence-corrected chi connectivity index (χ4v) is 2.40. The average Bonchev–Trinajstić information content (AvgIpc) is 3.01. The first kappa shape index (κ1) is 18.4. The molecule has 1 fully saturated rings. The van der Waals surface area contributed by atoms with Gasteiger partial charge in [0.2, 0.25) is 0 Å². The van der Waals surface area contributed by atoms with Crippen LogP contribution in [0.5, 0.6) is 0 Å². The highest BCUT2D eigenvalue weighted by Gasteiger charge is 2.24. The molecule has 0 radical (unpaired) electrons. The molecular formula is C14H19Cl2N5O. The maximum atomic E-state index is 12.6. The summed E-state index contributed by atoms with van der Waals surface area (Å²) in [5.41, 5.74) is 0.664. The van der Waals surface area contributed by atoms with Crippen molar-refractivity contribution in [1.29, 1.82) is 0 Å². The van der Waals surface area contributed by atoms with E-state index in [2.05, 4.69) is 22.2 Å². The Labute approximate surface area is 141 Å². The quantitative estimate of drug-likeness (QED) is 0.898. The minimum Gasteiger partial charge on any atom is -0.333 e. The number of nitrogens with one attached hydrogen (secondary N) is 1. The predicted molar refractivity (Wildman–Crippen MR) is 89.2 cm³/mol. The molecule has 1 N–H and O–H groups in total. The van der Waals surface area contributed by atoms with Crippen LogP contribution in [-0.4, -0.2) is 51.0 Å². The largest absolute Gasteiger partial charge is 0.333 e. The van der Waals surface area contributed by atoms with E-state index >= 15 is 0 Å². The van der Waals surface area contributed by atoms with Crippen LogP contribution in [0, 0.1) is 0 Å². The Hall–Kier alpha value is -1.63. The van der Waals surface area contributed by atoms with E-state index in [4.69, 9.17) is 0 Å². The first-order valence-electron chi connectivity index (χ1n) is 6.72. The van der Waals surface area contributed by atoms with Crippen LogP contribution in [-0.2, 0) is 0 Å². The van der Waals surface area contributed by atoms with Gasteiger partial charge in [-0.2, -0.15) is 0 Å². The normalized spacial score (nSPS) is 17.3. The van der Waals surface area contributed by atoms with Gasteiger partial charge in [-0.05, 0) is 19.1 Å². The van der Waals surface area contributed by atoms with Crippen molar-refractivity contribution < 1.29 is 4.79 Å². The molecule has 0 aromatic carbocycles. The van der Waals surface area contributed by atoms with Gasteiger partial charge in [-0.25, -0.2) is 9.97 Å². The number of pyridine rings is 1. The van der Waals surface area contributed by atoms with Crippen LogP contribution in [0.3, 0.4) is 0 Å². The maximum Gasteiger partial charge on any atom is 0.254 e. The molecule has 0 unspecified atom stereocenters. The molecule has 0 saturated carbocycles. The Balaban J connectivity index is 0.00000121. The molecule has 0 bridgehead atoms. The number of carbonyl (C=O) groups excluding carboxylic acids is 1. The first-order valence-corrected chi connectivity index (χ1v) is 6.72. The minimum atomic E-state index is 0. The fourth-order valence-electron chi connectivity index (χ4n) is 2.40. The van der Waals surface area contributed by atoms with E-state index < -0.39 is 0 Å². The summed E-state index contributed by atoms with van der Waals surface area (Å²) in [6.45, 7) is 4.48. The molecule has 1 saturated heterocycles. The van der Waals surface area contributed by atoms with Gasteiger partial charge >= 0.3 is 0 Å². The van der Waals surface area contributed by atoms with Gasteiger partial charge < -0.3 is 10.2 Å². The summed E-state index contributed by atoms with van der Waals surface area (Å²) in [4.78, 5) is 22.7. The van der Waals surface area contributed by atoms with Crippen LogP contribution in [0.15, 0.2) is 37.1 Å². The minimum absolute atomic E-state index is 0. The molecule has 2 aromatic heterocycles. The molecule has 0 aliphatic carbocycles. The number of hydrogen-bond donors (Lipinski definition) is 1. The lowest BCUT2D eigenvalue weighted by molar-refractivity contribution is 0.0655. The van der Waals surface area contributed by atoms with E-state index in [-0.39, 0.29) is 36.8 Å². The standard InChI is InChI=1S/C14H17N5O.2ClH/c1-11-9-15-5-7-19(11)14(20)12-2-3-17-13(8-12)18-6-4-16-10-18;;/h2-4,6,8,10-11,15H,5,7,9H2,1H3;2*1H/t11-;;/m1../s1. The molecule has 3 heterocycles. The highest BCUT2D eigenvalue weighted by atomic mass is 35.5. The van der Waals surface area contributed by atoms with E-state index in [9.17, 15) is 4.79 Å². The lowest BCUT2D eigenvalue weighted by Gasteiger charge is -2.34. The lowest BCUT2D eigenvalue weighted by atomic mass is 10.1. The second-order valence-corrected chi connectivity index (χ2v) is 4.92. The van der Waals surface area contributed by atoms with Gasteiger partial charge in [0.25, 0.3) is 5.91 Å². The molecule has 0 spiro atoms. The highest BCUT2D eigenvalue weighted by molar-refractivity contribution is 5.94. The molecule has 22 heavy (non-hydrogen) atoms. The summed E-state index contributed by atoms with van der Waals surface area (Å²) >= 11 is 0. The Morgan fingerprint density at radius 3 is 2.86 bits per heavy atom. The Kier molecular flexibility index (Phi) is 6.80. The van der Waals surface area contributed by atoms with E-state index in [1.165, 1.54) is 0 Å². The van der Waals surface area contributed by atoms with Gasteiger partial charge in [-0.3, -0.25) is 9.36 Å². The van der Waals surface area contributed by atoms with Crippen molar-refractivity contribution in [1.82, 2.24) is 24.8 Å². The maximum absolute atomic E-state index is 12.6. The van der Waals surface area contributed by atoms with Crippen LogP contribution in [0.25, 0.3) is 5.82 Å². The van der Waals surface area contributed by atoms with Crippen molar-refractivity contribution in [3.63, 3.8) is 0 Å². The van der Waals surface area contributed by atoms with Crippen LogP contribution < -0.4 is 5.32 Å². The van der Waals surface area contributed by atoms with E-state index in [1.807, 2.05) is 11.1 Å². The van der Waals surface area contributed by atoms with Gasteiger partial charge in [0.1, 0.15) is 12.1 Å². The molecule has 6 nitrogen and oxygen atoms in total. The lowest BCUT2D eigenvalue weighted by Crippen LogP contribution is -2.52. The van der Waals surface area contributed by atoms with E-state index in [0.29, 0.717) is 11.4 Å². The Morgan fingerprint density at radius 2 is 2.18 bits per heavy atom. The van der Waals surface area contributed by atoms with Gasteiger partial charge in [-0.1, -0.05) is 0 Å². The van der Waals surface area contributed by atoms with Crippen molar-refractivity contribution in [2.45, 2.75) is 13.0 Å². The first-order chi connectivity index (χ1) is 9.75. The number of nitrogens with zero attached hydrogens (tertiary/aromatic N) is 4. The summed E-state index contributed by atoms with van der Waals surface area (Å²) in [6, 6.07) is 3.78. The highest BCUT2D eigenvalue weighted by Crippen LogP contribution is 2.12. The van der Waals surface area contributed by atoms with Crippen molar-refractivity contribution in [2.24, 2.45) is 0 Å². The Bertz CT molecular complexity index is 605. The number of aromatic nitrogens is 3. The summed E-state index contributed by atoms with van der Waals surface area (Å²) in [5, 5.41) is 3.29. The molecule has 1 aliphatic rings. The summed E-state index contributed by atoms with van der Waals surface area (Å²) < 4.78 is 1.79. The van der Waals surface area contributed by atoms with Crippen molar-refractivity contribution in [3.05, 3.63) is 42.6 Å². The van der Waals surface area contributed by atoms with Crippen molar-refractivity contribution in [3.8, 4) is 5.82 Å². The summed E-state index contributed by atoms with van der Waals surface area (Å²) in [6.07, 6.45) is 6.83. The fraction of sp³-hybridized carbons (Fsp3) is 0.357. The number of rotatable bonds is 2. The van der Waals surface area contributed by atoms with Gasteiger partial charge in [-0.15, -0.1) is 24.8 Å². The number of hydrogen-bond acceptors (Lipinski definition) is 4. The smallest absolute Gasteiger partial charge is 0.254 e. The zero-order valence-electron chi connectivity index (χ0n) is 12.2. The van der Waals surface area contributed by atoms with Gasteiger partial charge in [0.15, 0.2) is 0 Å². The monoisotopic (exact) mass is 343 g/mol. The molecule has 3 rings (SSSR count). The van der Waals surface area contributed by atoms with Crippen molar-refractivity contribution in [2.75, 3.05) is 19.6 Å². The number of piperazine rings is 1. The third-order valence-electron chi connectivity index (χ3n) is 3.52. The zero-order chi connectivity index (χ0) is 13.9. The summed E-state index contributed by atoms with van der Waals surface area (Å²) in [7, 11) is 0. The number of carbonyl (C=O) groups is 1. The van der Waals surface area contributed by atoms with Gasteiger partial charge in [0, 0.05) is 49.8 Å². The van der Waals surface area contributed by atoms with Gasteiger partial charge in [0.05, 0.1) is 0 Å². The molecule has 2 aromatic rings. The SMILES string of the molecule is C[C@@H]1CNCCN1C(=O)c1ccnc(-n2ccnc2)c1.Cl.Cl. The van der Waals surface area contributed by atoms with E-state index in [0.717, 1.165) is 19.6 Å². The number of amides is 1.